The molecule has 0 radical (unpaired) electrons. The maximum absolute atomic E-state index is 12.8. The van der Waals surface area contributed by atoms with Crippen LogP contribution in [-0.4, -0.2) is 21.1 Å². The Morgan fingerprint density at radius 2 is 1.72 bits per heavy atom. The van der Waals surface area contributed by atoms with Gasteiger partial charge in [-0.1, -0.05) is 53.9 Å². The minimum atomic E-state index is -4.56. The van der Waals surface area contributed by atoms with Crippen LogP contribution in [0.1, 0.15) is 12.6 Å². The van der Waals surface area contributed by atoms with E-state index in [0.717, 1.165) is 33.8 Å². The first kappa shape index (κ1) is 21.2. The molecule has 1 heterocycles. The summed E-state index contributed by atoms with van der Waals surface area (Å²) in [5, 5.41) is 2.05. The topological polar surface area (TPSA) is 54.9 Å². The number of para-hydroxylation sites is 1. The lowest BCUT2D eigenvalue weighted by molar-refractivity contribution is -0.141. The highest BCUT2D eigenvalue weighted by Crippen LogP contribution is 2.34. The van der Waals surface area contributed by atoms with Crippen LogP contribution in [0.2, 0.25) is 0 Å². The summed E-state index contributed by atoms with van der Waals surface area (Å²) in [7, 11) is 0. The van der Waals surface area contributed by atoms with Crippen LogP contribution in [0.4, 0.5) is 18.9 Å². The Kier molecular flexibility index (Phi) is 6.81. The number of carbonyl (C=O) groups excluding carboxylic acids is 1. The van der Waals surface area contributed by atoms with Crippen molar-refractivity contribution in [1.29, 1.82) is 0 Å². The molecule has 9 heteroatoms. The molecule has 1 amide bonds. The lowest BCUT2D eigenvalue weighted by Crippen LogP contribution is -2.23. The maximum Gasteiger partial charge on any atom is 0.433 e. The number of aromatic nitrogens is 2. The van der Waals surface area contributed by atoms with Gasteiger partial charge in [0.1, 0.15) is 5.69 Å². The minimum Gasteiger partial charge on any atom is -0.324 e. The van der Waals surface area contributed by atoms with Gasteiger partial charge in [-0.25, -0.2) is 9.97 Å². The van der Waals surface area contributed by atoms with E-state index in [1.807, 2.05) is 42.5 Å². The number of nitrogens with zero attached hydrogens (tertiary/aromatic N) is 2. The SMILES string of the molecule is CC(Sc1nccc(C(F)(F)F)n1)C(=O)Nc1ccccc1Sc1ccccc1. The molecular weight excluding hydrogens is 419 g/mol. The van der Waals surface area contributed by atoms with Crippen molar-refractivity contribution in [2.45, 2.75) is 33.3 Å². The minimum absolute atomic E-state index is 0.102. The smallest absolute Gasteiger partial charge is 0.324 e. The van der Waals surface area contributed by atoms with Gasteiger partial charge in [0.2, 0.25) is 5.91 Å². The number of alkyl halides is 3. The third-order valence-corrected chi connectivity index (χ3v) is 5.75. The zero-order valence-electron chi connectivity index (χ0n) is 15.2. The van der Waals surface area contributed by atoms with Gasteiger partial charge >= 0.3 is 6.18 Å². The van der Waals surface area contributed by atoms with Crippen LogP contribution < -0.4 is 5.32 Å². The summed E-state index contributed by atoms with van der Waals surface area (Å²) in [5.74, 6) is -0.350. The molecule has 0 aliphatic rings. The molecule has 0 saturated heterocycles. The summed E-state index contributed by atoms with van der Waals surface area (Å²) in [6.07, 6.45) is -3.52. The van der Waals surface area contributed by atoms with Gasteiger partial charge in [-0.2, -0.15) is 13.2 Å². The van der Waals surface area contributed by atoms with Crippen LogP contribution in [0.25, 0.3) is 0 Å². The third-order valence-electron chi connectivity index (χ3n) is 3.69. The Morgan fingerprint density at radius 3 is 2.45 bits per heavy atom. The summed E-state index contributed by atoms with van der Waals surface area (Å²) < 4.78 is 38.4. The molecule has 1 aromatic heterocycles. The Hall–Kier alpha value is -2.52. The van der Waals surface area contributed by atoms with Gasteiger partial charge in [0.15, 0.2) is 5.16 Å². The fourth-order valence-corrected chi connectivity index (χ4v) is 3.95. The molecule has 0 fully saturated rings. The largest absolute Gasteiger partial charge is 0.433 e. The van der Waals surface area contributed by atoms with Crippen molar-refractivity contribution in [2.24, 2.45) is 0 Å². The van der Waals surface area contributed by atoms with E-state index in [2.05, 4.69) is 15.3 Å². The predicted molar refractivity (Wildman–Crippen MR) is 108 cm³/mol. The molecule has 1 N–H and O–H groups in total. The van der Waals surface area contributed by atoms with E-state index in [1.54, 1.807) is 19.1 Å². The second kappa shape index (κ2) is 9.32. The molecule has 3 aromatic rings. The first-order valence-electron chi connectivity index (χ1n) is 8.52. The number of nitrogens with one attached hydrogen (secondary N) is 1. The molecule has 0 aliphatic carbocycles. The van der Waals surface area contributed by atoms with E-state index in [4.69, 9.17) is 0 Å². The molecule has 0 bridgehead atoms. The fraction of sp³-hybridized carbons (Fsp3) is 0.150. The average Bonchev–Trinajstić information content (AvgIpc) is 2.70. The van der Waals surface area contributed by atoms with Crippen molar-refractivity contribution < 1.29 is 18.0 Å². The summed E-state index contributed by atoms with van der Waals surface area (Å²) in [6.45, 7) is 1.59. The van der Waals surface area contributed by atoms with Crippen LogP contribution in [0.3, 0.4) is 0 Å². The van der Waals surface area contributed by atoms with Crippen LogP contribution in [0.5, 0.6) is 0 Å². The number of benzene rings is 2. The molecule has 0 aliphatic heterocycles. The summed E-state index contributed by atoms with van der Waals surface area (Å²) in [5.41, 5.74) is -0.407. The second-order valence-electron chi connectivity index (χ2n) is 5.88. The summed E-state index contributed by atoms with van der Waals surface area (Å²) >= 11 is 2.38. The van der Waals surface area contributed by atoms with Crippen molar-refractivity contribution in [2.75, 3.05) is 5.32 Å². The molecule has 0 saturated carbocycles. The Bertz CT molecular complexity index is 984. The van der Waals surface area contributed by atoms with Gasteiger partial charge < -0.3 is 5.32 Å². The van der Waals surface area contributed by atoms with E-state index in [1.165, 1.54) is 11.8 Å². The molecule has 3 rings (SSSR count). The lowest BCUT2D eigenvalue weighted by atomic mass is 10.3. The number of hydrogen-bond donors (Lipinski definition) is 1. The maximum atomic E-state index is 12.8. The molecule has 150 valence electrons. The molecule has 0 spiro atoms. The standard InChI is InChI=1S/C20H16F3N3OS2/c1-13(28-19-24-12-11-17(26-19)20(21,22)23)18(27)25-15-9-5-6-10-16(15)29-14-7-3-2-4-8-14/h2-13H,1H3,(H,25,27). The van der Waals surface area contributed by atoms with Gasteiger partial charge in [-0.3, -0.25) is 4.79 Å². The molecule has 4 nitrogen and oxygen atoms in total. The zero-order chi connectivity index (χ0) is 20.9. The van der Waals surface area contributed by atoms with E-state index in [0.29, 0.717) is 5.69 Å². The Morgan fingerprint density at radius 1 is 1.03 bits per heavy atom. The van der Waals surface area contributed by atoms with Crippen LogP contribution >= 0.6 is 23.5 Å². The Balaban J connectivity index is 1.69. The van der Waals surface area contributed by atoms with E-state index in [-0.39, 0.29) is 11.1 Å². The third kappa shape index (κ3) is 5.98. The number of halogens is 3. The van der Waals surface area contributed by atoms with Gasteiger partial charge in [0, 0.05) is 16.0 Å². The molecule has 29 heavy (non-hydrogen) atoms. The van der Waals surface area contributed by atoms with Crippen molar-refractivity contribution >= 4 is 35.1 Å². The number of amides is 1. The van der Waals surface area contributed by atoms with E-state index in [9.17, 15) is 18.0 Å². The van der Waals surface area contributed by atoms with Crippen molar-refractivity contribution in [3.63, 3.8) is 0 Å². The summed E-state index contributed by atoms with van der Waals surface area (Å²) in [4.78, 5) is 21.8. The van der Waals surface area contributed by atoms with Crippen LogP contribution in [0, 0.1) is 0 Å². The second-order valence-corrected chi connectivity index (χ2v) is 8.31. The van der Waals surface area contributed by atoms with Gasteiger partial charge in [0.05, 0.1) is 10.9 Å². The fourth-order valence-electron chi connectivity index (χ4n) is 2.28. The quantitative estimate of drug-likeness (QED) is 0.394. The van der Waals surface area contributed by atoms with Gasteiger partial charge in [-0.05, 0) is 37.3 Å². The van der Waals surface area contributed by atoms with Crippen molar-refractivity contribution in [1.82, 2.24) is 9.97 Å². The lowest BCUT2D eigenvalue weighted by Gasteiger charge is -2.14. The van der Waals surface area contributed by atoms with E-state index < -0.39 is 17.1 Å². The number of hydrogen-bond acceptors (Lipinski definition) is 5. The number of carbonyl (C=O) groups is 1. The monoisotopic (exact) mass is 435 g/mol. The molecule has 1 atom stereocenters. The van der Waals surface area contributed by atoms with Gasteiger partial charge in [-0.15, -0.1) is 0 Å². The van der Waals surface area contributed by atoms with Crippen molar-refractivity contribution in [3.8, 4) is 0 Å². The molecule has 1 unspecified atom stereocenters. The first-order valence-corrected chi connectivity index (χ1v) is 10.2. The normalized spacial score (nSPS) is 12.4. The van der Waals surface area contributed by atoms with Crippen molar-refractivity contribution in [3.05, 3.63) is 72.6 Å². The van der Waals surface area contributed by atoms with Crippen LogP contribution in [0.15, 0.2) is 81.8 Å². The van der Waals surface area contributed by atoms with Gasteiger partial charge in [0.25, 0.3) is 0 Å². The number of thioether (sulfide) groups is 1. The highest BCUT2D eigenvalue weighted by atomic mass is 32.2. The molecule has 2 aromatic carbocycles. The number of anilines is 1. The highest BCUT2D eigenvalue weighted by Gasteiger charge is 2.33. The molecular formula is C20H16F3N3OS2. The van der Waals surface area contributed by atoms with Crippen LogP contribution in [-0.2, 0) is 11.0 Å². The predicted octanol–water partition coefficient (Wildman–Crippen LogP) is 5.77. The number of rotatable bonds is 6. The Labute approximate surface area is 174 Å². The zero-order valence-corrected chi connectivity index (χ0v) is 16.8. The van der Waals surface area contributed by atoms with E-state index >= 15 is 0 Å². The summed E-state index contributed by atoms with van der Waals surface area (Å²) in [6, 6.07) is 17.8. The average molecular weight is 435 g/mol. The first-order chi connectivity index (χ1) is 13.8. The highest BCUT2D eigenvalue weighted by molar-refractivity contribution is 8.00.